The van der Waals surface area contributed by atoms with Gasteiger partial charge in [-0.05, 0) is 69.1 Å². The molecule has 1 aromatic carbocycles. The normalized spacial score (nSPS) is 18.5. The largest absolute Gasteiger partial charge is 0.434 e. The predicted molar refractivity (Wildman–Crippen MR) is 127 cm³/mol. The molecule has 0 spiro atoms. The number of aryl methyl sites for hydroxylation is 2. The van der Waals surface area contributed by atoms with E-state index in [-0.39, 0.29) is 30.2 Å². The predicted octanol–water partition coefficient (Wildman–Crippen LogP) is 6.92. The summed E-state index contributed by atoms with van der Waals surface area (Å²) in [5, 5.41) is 7.41. The number of carbonyl (C=O) groups is 1. The zero-order valence-corrected chi connectivity index (χ0v) is 20.9. The van der Waals surface area contributed by atoms with Gasteiger partial charge in [0.05, 0.1) is 5.69 Å². The number of ether oxygens (including phenoxy) is 1. The van der Waals surface area contributed by atoms with E-state index in [1.165, 1.54) is 6.07 Å². The highest BCUT2D eigenvalue weighted by atomic mass is 19.4. The molecule has 200 valence electrons. The summed E-state index contributed by atoms with van der Waals surface area (Å²) in [4.78, 5) is 13.0. The lowest BCUT2D eigenvalue weighted by Crippen LogP contribution is -2.31. The Morgan fingerprint density at radius 1 is 1.22 bits per heavy atom. The minimum Gasteiger partial charge on any atom is -0.434 e. The summed E-state index contributed by atoms with van der Waals surface area (Å²) in [5.74, 6) is 0.659. The van der Waals surface area contributed by atoms with Gasteiger partial charge < -0.3 is 10.1 Å². The molecule has 1 aromatic heterocycles. The Kier molecular flexibility index (Phi) is 9.35. The summed E-state index contributed by atoms with van der Waals surface area (Å²) < 4.78 is 70.2. The highest BCUT2D eigenvalue weighted by molar-refractivity contribution is 5.95. The highest BCUT2D eigenvalue weighted by Gasteiger charge is 2.27. The Labute approximate surface area is 208 Å². The van der Waals surface area contributed by atoms with Crippen LogP contribution in [0.4, 0.5) is 22.0 Å². The smallest absolute Gasteiger partial charge is 0.389 e. The number of rotatable bonds is 10. The molecule has 1 heterocycles. The maximum Gasteiger partial charge on any atom is 0.389 e. The van der Waals surface area contributed by atoms with Crippen molar-refractivity contribution >= 4 is 5.91 Å². The molecule has 0 atom stereocenters. The monoisotopic (exact) mass is 515 g/mol. The van der Waals surface area contributed by atoms with Gasteiger partial charge in [0.25, 0.3) is 5.91 Å². The van der Waals surface area contributed by atoms with Crippen LogP contribution < -0.4 is 10.1 Å². The van der Waals surface area contributed by atoms with Crippen molar-refractivity contribution < 1.29 is 31.5 Å². The van der Waals surface area contributed by atoms with Crippen LogP contribution in [0.15, 0.2) is 18.2 Å². The van der Waals surface area contributed by atoms with Crippen LogP contribution in [0.3, 0.4) is 0 Å². The number of alkyl halides is 5. The number of amides is 1. The van der Waals surface area contributed by atoms with Crippen molar-refractivity contribution in [2.45, 2.75) is 85.0 Å². The molecule has 3 rings (SSSR count). The van der Waals surface area contributed by atoms with Crippen LogP contribution in [-0.4, -0.2) is 35.0 Å². The number of carbonyl (C=O) groups excluding carboxylic acids is 1. The quantitative estimate of drug-likeness (QED) is 0.350. The maximum absolute atomic E-state index is 13.2. The molecule has 36 heavy (non-hydrogen) atoms. The lowest BCUT2D eigenvalue weighted by molar-refractivity contribution is -0.135. The summed E-state index contributed by atoms with van der Waals surface area (Å²) in [6.07, 6.45) is -0.899. The van der Waals surface area contributed by atoms with E-state index in [0.29, 0.717) is 47.3 Å². The number of hydrogen-bond acceptors (Lipinski definition) is 3. The van der Waals surface area contributed by atoms with E-state index in [2.05, 4.69) is 17.3 Å². The second kappa shape index (κ2) is 12.1. The molecule has 1 fully saturated rings. The van der Waals surface area contributed by atoms with Crippen LogP contribution in [0.5, 0.6) is 5.75 Å². The molecule has 1 aliphatic rings. The fourth-order valence-corrected chi connectivity index (χ4v) is 4.80. The molecule has 0 bridgehead atoms. The maximum atomic E-state index is 13.2. The average molecular weight is 516 g/mol. The molecule has 1 saturated carbocycles. The second-order valence-electron chi connectivity index (χ2n) is 9.65. The molecule has 10 heteroatoms. The number of halogens is 5. The Morgan fingerprint density at radius 2 is 1.92 bits per heavy atom. The third-order valence-electron chi connectivity index (χ3n) is 6.83. The van der Waals surface area contributed by atoms with E-state index in [0.717, 1.165) is 25.7 Å². The molecular formula is C26H34F5N3O2. The van der Waals surface area contributed by atoms with Crippen molar-refractivity contribution in [2.24, 2.45) is 11.8 Å². The van der Waals surface area contributed by atoms with Crippen LogP contribution in [0, 0.1) is 18.8 Å². The second-order valence-corrected chi connectivity index (χ2v) is 9.65. The lowest BCUT2D eigenvalue weighted by atomic mass is 9.83. The third-order valence-corrected chi connectivity index (χ3v) is 6.83. The van der Waals surface area contributed by atoms with Gasteiger partial charge in [-0.3, -0.25) is 9.48 Å². The van der Waals surface area contributed by atoms with Crippen molar-refractivity contribution in [3.63, 3.8) is 0 Å². The molecule has 1 N–H and O–H groups in total. The zero-order valence-electron chi connectivity index (χ0n) is 20.9. The summed E-state index contributed by atoms with van der Waals surface area (Å²) in [5.41, 5.74) is 1.97. The van der Waals surface area contributed by atoms with E-state index in [9.17, 15) is 26.7 Å². The minimum absolute atomic E-state index is 0.0685. The van der Waals surface area contributed by atoms with Crippen molar-refractivity contribution in [3.05, 3.63) is 35.0 Å². The molecule has 0 radical (unpaired) electrons. The van der Waals surface area contributed by atoms with Gasteiger partial charge in [-0.1, -0.05) is 25.8 Å². The molecule has 0 aliphatic heterocycles. The fourth-order valence-electron chi connectivity index (χ4n) is 4.80. The van der Waals surface area contributed by atoms with Crippen LogP contribution in [0.1, 0.15) is 74.0 Å². The molecule has 0 saturated heterocycles. The first-order valence-electron chi connectivity index (χ1n) is 12.5. The van der Waals surface area contributed by atoms with Gasteiger partial charge in [0.1, 0.15) is 5.75 Å². The number of aromatic nitrogens is 2. The summed E-state index contributed by atoms with van der Waals surface area (Å²) in [6.45, 7) is 3.58. The Morgan fingerprint density at radius 3 is 2.53 bits per heavy atom. The molecular weight excluding hydrogens is 481 g/mol. The first-order valence-corrected chi connectivity index (χ1v) is 12.5. The fraction of sp³-hybridized carbons (Fsp3) is 0.615. The van der Waals surface area contributed by atoms with Gasteiger partial charge in [0, 0.05) is 30.6 Å². The van der Waals surface area contributed by atoms with Gasteiger partial charge in [0.15, 0.2) is 5.69 Å². The van der Waals surface area contributed by atoms with E-state index in [4.69, 9.17) is 4.74 Å². The first kappa shape index (κ1) is 27.9. The lowest BCUT2D eigenvalue weighted by Gasteiger charge is -2.26. The van der Waals surface area contributed by atoms with E-state index in [1.54, 1.807) is 23.7 Å². The van der Waals surface area contributed by atoms with Crippen molar-refractivity contribution in [2.75, 3.05) is 6.54 Å². The van der Waals surface area contributed by atoms with Gasteiger partial charge in [-0.2, -0.15) is 27.1 Å². The number of nitrogens with one attached hydrogen (secondary N) is 1. The summed E-state index contributed by atoms with van der Waals surface area (Å²) >= 11 is 0. The average Bonchev–Trinajstić information content (AvgIpc) is 3.13. The highest BCUT2D eigenvalue weighted by Crippen LogP contribution is 2.36. The Balaban J connectivity index is 1.84. The molecule has 2 aromatic rings. The van der Waals surface area contributed by atoms with Crippen LogP contribution in [0.2, 0.25) is 0 Å². The van der Waals surface area contributed by atoms with E-state index >= 15 is 0 Å². The minimum atomic E-state index is -4.28. The van der Waals surface area contributed by atoms with Gasteiger partial charge in [-0.15, -0.1) is 0 Å². The van der Waals surface area contributed by atoms with Crippen LogP contribution in [-0.2, 0) is 13.0 Å². The Hall–Kier alpha value is -2.65. The topological polar surface area (TPSA) is 56.2 Å². The van der Waals surface area contributed by atoms with E-state index in [1.807, 2.05) is 6.92 Å². The number of nitrogens with zero attached hydrogens (tertiary/aromatic N) is 2. The van der Waals surface area contributed by atoms with Gasteiger partial charge in [-0.25, -0.2) is 0 Å². The molecule has 1 amide bonds. The third kappa shape index (κ3) is 7.43. The first-order chi connectivity index (χ1) is 17.0. The number of hydrogen-bond donors (Lipinski definition) is 1. The van der Waals surface area contributed by atoms with Crippen molar-refractivity contribution in [1.82, 2.24) is 15.1 Å². The molecule has 5 nitrogen and oxygen atoms in total. The Bertz CT molecular complexity index is 1030. The van der Waals surface area contributed by atoms with Crippen molar-refractivity contribution in [3.8, 4) is 17.0 Å². The van der Waals surface area contributed by atoms with Crippen LogP contribution in [0.25, 0.3) is 11.3 Å². The molecule has 0 unspecified atom stereocenters. The standard InChI is InChI=1S/C26H34F5N3O2/c1-4-34-23(17(3)22(33-34)24(35)32-15-19-9-7-16(2)8-10-19)20-12-11-18(6-5-13-26(29,30)31)14-21(20)36-25(27)28/h11-12,14,16,19,25H,4-10,13,15H2,1-3H3,(H,32,35). The number of benzene rings is 1. The SMILES string of the molecule is CCn1nc(C(=O)NCC2CCC(C)CC2)c(C)c1-c1ccc(CCCC(F)(F)F)cc1OC(F)F. The van der Waals surface area contributed by atoms with Crippen LogP contribution >= 0.6 is 0 Å². The molecule has 1 aliphatic carbocycles. The van der Waals surface area contributed by atoms with E-state index < -0.39 is 19.2 Å². The van der Waals surface area contributed by atoms with Crippen molar-refractivity contribution in [1.29, 1.82) is 0 Å². The zero-order chi connectivity index (χ0) is 26.5. The van der Waals surface area contributed by atoms with Gasteiger partial charge >= 0.3 is 12.8 Å². The summed E-state index contributed by atoms with van der Waals surface area (Å²) in [6, 6.07) is 4.48. The van der Waals surface area contributed by atoms with Gasteiger partial charge in [0.2, 0.25) is 0 Å². The summed E-state index contributed by atoms with van der Waals surface area (Å²) in [7, 11) is 0.